The molecule has 0 saturated heterocycles. The summed E-state index contributed by atoms with van der Waals surface area (Å²) in [6.07, 6.45) is 0. The zero-order valence-electron chi connectivity index (χ0n) is 9.11. The Morgan fingerprint density at radius 2 is 1.71 bits per heavy atom. The van der Waals surface area contributed by atoms with Crippen LogP contribution in [-0.2, 0) is 0 Å². The maximum absolute atomic E-state index is 5.13. The molecule has 0 aliphatic carbocycles. The minimum absolute atomic E-state index is 0.879. The van der Waals surface area contributed by atoms with Crippen molar-refractivity contribution in [2.75, 3.05) is 7.11 Å². The molecule has 0 spiro atoms. The van der Waals surface area contributed by atoms with Gasteiger partial charge in [0.2, 0.25) is 0 Å². The third-order valence-corrected chi connectivity index (χ3v) is 4.68. The first-order chi connectivity index (χ1) is 8.19. The van der Waals surface area contributed by atoms with Crippen molar-refractivity contribution in [1.29, 1.82) is 0 Å². The normalized spacial score (nSPS) is 10.3. The van der Waals surface area contributed by atoms with Crippen LogP contribution in [0.5, 0.6) is 5.75 Å². The van der Waals surface area contributed by atoms with Crippen molar-refractivity contribution in [1.82, 2.24) is 0 Å². The lowest BCUT2D eigenvalue weighted by atomic mass is 10.3. The predicted octanol–water partition coefficient (Wildman–Crippen LogP) is 5.37. The van der Waals surface area contributed by atoms with Crippen LogP contribution in [0.15, 0.2) is 61.2 Å². The molecule has 0 heterocycles. The van der Waals surface area contributed by atoms with Crippen LogP contribution in [0.25, 0.3) is 0 Å². The lowest BCUT2D eigenvalue weighted by Crippen LogP contribution is -1.81. The zero-order chi connectivity index (χ0) is 12.3. The summed E-state index contributed by atoms with van der Waals surface area (Å²) in [4.78, 5) is 2.38. The van der Waals surface area contributed by atoms with Crippen LogP contribution in [0.1, 0.15) is 0 Å². The molecule has 4 heteroatoms. The Morgan fingerprint density at radius 3 is 2.29 bits per heavy atom. The van der Waals surface area contributed by atoms with E-state index in [1.54, 1.807) is 18.9 Å². The molecular formula is C13H10Br2OS. The molecule has 2 aromatic rings. The SMILES string of the molecule is COc1ccc(Sc2ccc(Br)cc2Br)cc1. The molecule has 0 aromatic heterocycles. The van der Waals surface area contributed by atoms with Crippen molar-refractivity contribution in [3.8, 4) is 5.75 Å². The van der Waals surface area contributed by atoms with E-state index in [0.29, 0.717) is 0 Å². The molecule has 0 atom stereocenters. The van der Waals surface area contributed by atoms with Crippen LogP contribution in [0.2, 0.25) is 0 Å². The minimum atomic E-state index is 0.879. The van der Waals surface area contributed by atoms with Gasteiger partial charge in [-0.3, -0.25) is 0 Å². The van der Waals surface area contributed by atoms with Gasteiger partial charge in [-0.15, -0.1) is 0 Å². The Kier molecular flexibility index (Phi) is 4.54. The highest BCUT2D eigenvalue weighted by molar-refractivity contribution is 9.11. The lowest BCUT2D eigenvalue weighted by Gasteiger charge is -2.05. The molecule has 0 N–H and O–H groups in total. The van der Waals surface area contributed by atoms with E-state index < -0.39 is 0 Å². The van der Waals surface area contributed by atoms with Gasteiger partial charge in [0.15, 0.2) is 0 Å². The van der Waals surface area contributed by atoms with Gasteiger partial charge in [0.05, 0.1) is 7.11 Å². The molecule has 0 radical (unpaired) electrons. The Labute approximate surface area is 122 Å². The largest absolute Gasteiger partial charge is 0.497 e. The number of hydrogen-bond donors (Lipinski definition) is 0. The van der Waals surface area contributed by atoms with Crippen molar-refractivity contribution in [2.24, 2.45) is 0 Å². The van der Waals surface area contributed by atoms with Gasteiger partial charge in [-0.05, 0) is 58.4 Å². The van der Waals surface area contributed by atoms with E-state index in [9.17, 15) is 0 Å². The lowest BCUT2D eigenvalue weighted by molar-refractivity contribution is 0.414. The van der Waals surface area contributed by atoms with Crippen LogP contribution in [0.4, 0.5) is 0 Å². The van der Waals surface area contributed by atoms with Gasteiger partial charge in [0.25, 0.3) is 0 Å². The van der Waals surface area contributed by atoms with Gasteiger partial charge < -0.3 is 4.74 Å². The minimum Gasteiger partial charge on any atom is -0.497 e. The quantitative estimate of drug-likeness (QED) is 0.715. The van der Waals surface area contributed by atoms with Gasteiger partial charge in [-0.2, -0.15) is 0 Å². The monoisotopic (exact) mass is 372 g/mol. The first kappa shape index (κ1) is 13.0. The average Bonchev–Trinajstić information content (AvgIpc) is 2.34. The van der Waals surface area contributed by atoms with Crippen LogP contribution < -0.4 is 4.74 Å². The molecule has 0 aliphatic heterocycles. The molecular weight excluding hydrogens is 364 g/mol. The number of hydrogen-bond acceptors (Lipinski definition) is 2. The van der Waals surface area contributed by atoms with Gasteiger partial charge in [-0.1, -0.05) is 27.7 Å². The van der Waals surface area contributed by atoms with Gasteiger partial charge >= 0.3 is 0 Å². The van der Waals surface area contributed by atoms with Gasteiger partial charge in [0, 0.05) is 18.7 Å². The second kappa shape index (κ2) is 5.94. The molecule has 0 amide bonds. The summed E-state index contributed by atoms with van der Waals surface area (Å²) < 4.78 is 7.30. The van der Waals surface area contributed by atoms with E-state index in [-0.39, 0.29) is 0 Å². The smallest absolute Gasteiger partial charge is 0.118 e. The fourth-order valence-corrected chi connectivity index (χ4v) is 3.44. The predicted molar refractivity (Wildman–Crippen MR) is 79.0 cm³/mol. The van der Waals surface area contributed by atoms with E-state index in [1.807, 2.05) is 24.3 Å². The molecule has 2 rings (SSSR count). The molecule has 0 aliphatic rings. The van der Waals surface area contributed by atoms with Crippen molar-refractivity contribution in [3.05, 3.63) is 51.4 Å². The van der Waals surface area contributed by atoms with Gasteiger partial charge in [-0.25, -0.2) is 0 Å². The van der Waals surface area contributed by atoms with Crippen LogP contribution in [-0.4, -0.2) is 7.11 Å². The topological polar surface area (TPSA) is 9.23 Å². The second-order valence-corrected chi connectivity index (χ2v) is 6.24. The molecule has 0 saturated carbocycles. The highest BCUT2D eigenvalue weighted by Gasteiger charge is 2.03. The summed E-state index contributed by atoms with van der Waals surface area (Å²) >= 11 is 8.72. The highest BCUT2D eigenvalue weighted by Crippen LogP contribution is 2.35. The van der Waals surface area contributed by atoms with E-state index in [2.05, 4.69) is 50.1 Å². The van der Waals surface area contributed by atoms with Crippen molar-refractivity contribution < 1.29 is 4.74 Å². The van der Waals surface area contributed by atoms with Crippen molar-refractivity contribution >= 4 is 43.6 Å². The molecule has 88 valence electrons. The fourth-order valence-electron chi connectivity index (χ4n) is 1.33. The summed E-state index contributed by atoms with van der Waals surface area (Å²) in [5.74, 6) is 0.879. The summed E-state index contributed by atoms with van der Waals surface area (Å²) in [5, 5.41) is 0. The van der Waals surface area contributed by atoms with Gasteiger partial charge in [0.1, 0.15) is 5.75 Å². The number of rotatable bonds is 3. The van der Waals surface area contributed by atoms with Crippen LogP contribution in [0.3, 0.4) is 0 Å². The first-order valence-corrected chi connectivity index (χ1v) is 7.36. The molecule has 0 bridgehead atoms. The maximum atomic E-state index is 5.13. The summed E-state index contributed by atoms with van der Waals surface area (Å²) in [6.45, 7) is 0. The van der Waals surface area contributed by atoms with E-state index in [4.69, 9.17) is 4.74 Å². The summed E-state index contributed by atoms with van der Waals surface area (Å²) in [6, 6.07) is 14.2. The Balaban J connectivity index is 2.19. The molecule has 2 aromatic carbocycles. The standard InChI is InChI=1S/C13H10Br2OS/c1-16-10-3-5-11(6-4-10)17-13-7-2-9(14)8-12(13)15/h2-8H,1H3. The highest BCUT2D eigenvalue weighted by atomic mass is 79.9. The van der Waals surface area contributed by atoms with Crippen molar-refractivity contribution in [3.63, 3.8) is 0 Å². The Bertz CT molecular complexity index is 511. The third-order valence-electron chi connectivity index (χ3n) is 2.18. The molecule has 1 nitrogen and oxygen atoms in total. The first-order valence-electron chi connectivity index (χ1n) is 4.96. The van der Waals surface area contributed by atoms with E-state index >= 15 is 0 Å². The van der Waals surface area contributed by atoms with Crippen LogP contribution >= 0.6 is 43.6 Å². The molecule has 0 fully saturated rings. The number of ether oxygens (including phenoxy) is 1. The third kappa shape index (κ3) is 3.50. The molecule has 0 unspecified atom stereocenters. The Hall–Kier alpha value is -0.450. The average molecular weight is 374 g/mol. The number of methoxy groups -OCH3 is 1. The van der Waals surface area contributed by atoms with Crippen LogP contribution in [0, 0.1) is 0 Å². The second-order valence-electron chi connectivity index (χ2n) is 3.35. The number of benzene rings is 2. The maximum Gasteiger partial charge on any atom is 0.118 e. The Morgan fingerprint density at radius 1 is 1.00 bits per heavy atom. The molecule has 17 heavy (non-hydrogen) atoms. The van der Waals surface area contributed by atoms with E-state index in [1.165, 1.54) is 9.79 Å². The zero-order valence-corrected chi connectivity index (χ0v) is 13.1. The van der Waals surface area contributed by atoms with Crippen molar-refractivity contribution in [2.45, 2.75) is 9.79 Å². The summed E-state index contributed by atoms with van der Waals surface area (Å²) in [7, 11) is 1.67. The number of halogens is 2. The van der Waals surface area contributed by atoms with E-state index in [0.717, 1.165) is 14.7 Å². The fraction of sp³-hybridized carbons (Fsp3) is 0.0769. The summed E-state index contributed by atoms with van der Waals surface area (Å²) in [5.41, 5.74) is 0.